The van der Waals surface area contributed by atoms with E-state index in [0.717, 1.165) is 17.7 Å². The summed E-state index contributed by atoms with van der Waals surface area (Å²) in [7, 11) is 1.62. The van der Waals surface area contributed by atoms with Gasteiger partial charge >= 0.3 is 0 Å². The maximum atomic E-state index is 12.9. The Balaban J connectivity index is 1.67. The van der Waals surface area contributed by atoms with Crippen LogP contribution >= 0.6 is 0 Å². The van der Waals surface area contributed by atoms with Crippen LogP contribution < -0.4 is 10.1 Å². The van der Waals surface area contributed by atoms with E-state index in [9.17, 15) is 4.79 Å². The number of carbonyl (C=O) groups is 1. The molecule has 1 unspecified atom stereocenters. The Hall–Kier alpha value is -2.41. The lowest BCUT2D eigenvalue weighted by Gasteiger charge is -2.21. The van der Waals surface area contributed by atoms with E-state index >= 15 is 0 Å². The molecule has 1 aromatic carbocycles. The van der Waals surface area contributed by atoms with Crippen LogP contribution in [0.3, 0.4) is 0 Å². The molecule has 2 N–H and O–H groups in total. The molecule has 134 valence electrons. The number of benzene rings is 1. The molecule has 7 nitrogen and oxygen atoms in total. The summed E-state index contributed by atoms with van der Waals surface area (Å²) in [5.41, 5.74) is 0.382. The second kappa shape index (κ2) is 6.48. The molecule has 0 bridgehead atoms. The normalized spacial score (nSPS) is 21.0. The van der Waals surface area contributed by atoms with E-state index in [1.54, 1.807) is 7.11 Å². The number of carbonyl (C=O) groups excluding carboxylic acids is 1. The van der Waals surface area contributed by atoms with Gasteiger partial charge in [-0.15, -0.1) is 0 Å². The van der Waals surface area contributed by atoms with E-state index in [4.69, 9.17) is 14.4 Å². The fourth-order valence-corrected chi connectivity index (χ4v) is 3.40. The van der Waals surface area contributed by atoms with Crippen LogP contribution in [0.5, 0.6) is 5.75 Å². The van der Waals surface area contributed by atoms with E-state index in [2.05, 4.69) is 29.3 Å². The summed E-state index contributed by atoms with van der Waals surface area (Å²) in [6.45, 7) is 4.33. The molecule has 1 aromatic heterocycles. The van der Waals surface area contributed by atoms with Gasteiger partial charge in [-0.1, -0.05) is 31.1 Å². The third kappa shape index (κ3) is 3.11. The lowest BCUT2D eigenvalue weighted by molar-refractivity contribution is -0.124. The maximum absolute atomic E-state index is 12.9. The number of ether oxygens (including phenoxy) is 1. The molecule has 0 spiro atoms. The molecule has 7 heteroatoms. The Morgan fingerprint density at radius 2 is 2.04 bits per heavy atom. The zero-order valence-electron chi connectivity index (χ0n) is 14.7. The molecule has 3 rings (SSSR count). The highest BCUT2D eigenvalue weighted by molar-refractivity contribution is 5.93. The second-order valence-corrected chi connectivity index (χ2v) is 6.96. The lowest BCUT2D eigenvalue weighted by Crippen LogP contribution is -2.38. The van der Waals surface area contributed by atoms with Crippen LogP contribution in [0.15, 0.2) is 28.8 Å². The van der Waals surface area contributed by atoms with Gasteiger partial charge < -0.3 is 19.7 Å². The number of nitrogens with zero attached hydrogens (tertiary/aromatic N) is 2. The Bertz CT molecular complexity index is 754. The number of rotatable bonds is 7. The van der Waals surface area contributed by atoms with Gasteiger partial charge in [-0.05, 0) is 29.5 Å². The summed E-state index contributed by atoms with van der Waals surface area (Å²) in [5, 5.41) is 15.7. The first kappa shape index (κ1) is 17.4. The van der Waals surface area contributed by atoms with Crippen molar-refractivity contribution in [2.75, 3.05) is 13.7 Å². The summed E-state index contributed by atoms with van der Waals surface area (Å²) in [4.78, 5) is 16.9. The van der Waals surface area contributed by atoms with E-state index in [-0.39, 0.29) is 23.8 Å². The van der Waals surface area contributed by atoms with Crippen molar-refractivity contribution in [1.82, 2.24) is 15.5 Å². The van der Waals surface area contributed by atoms with Crippen LogP contribution in [0.2, 0.25) is 0 Å². The zero-order valence-corrected chi connectivity index (χ0v) is 14.7. The van der Waals surface area contributed by atoms with E-state index in [1.165, 1.54) is 0 Å². The summed E-state index contributed by atoms with van der Waals surface area (Å²) < 4.78 is 10.0. The Labute approximate surface area is 146 Å². The minimum Gasteiger partial charge on any atom is -0.497 e. The first-order valence-corrected chi connectivity index (χ1v) is 8.28. The van der Waals surface area contributed by atoms with Crippen molar-refractivity contribution < 1.29 is 19.2 Å². The van der Waals surface area contributed by atoms with Crippen molar-refractivity contribution in [2.24, 2.45) is 5.41 Å². The maximum Gasteiger partial charge on any atom is 0.252 e. The summed E-state index contributed by atoms with van der Waals surface area (Å²) in [5.74, 6) is 1.43. The van der Waals surface area contributed by atoms with Crippen LogP contribution in [0.1, 0.15) is 37.5 Å². The number of aromatic nitrogens is 2. The van der Waals surface area contributed by atoms with Crippen LogP contribution in [0, 0.1) is 5.41 Å². The van der Waals surface area contributed by atoms with E-state index < -0.39 is 5.41 Å². The third-order valence-corrected chi connectivity index (χ3v) is 4.99. The molecule has 1 aliphatic carbocycles. The van der Waals surface area contributed by atoms with Crippen molar-refractivity contribution in [3.8, 4) is 5.75 Å². The standard InChI is InChI=1S/C18H23N3O4/c1-17(2)11-18(17,12-4-6-13(24-3)7-5-12)16(23)19-9-8-14-20-15(10-22)25-21-14/h4-7,22H,8-11H2,1-3H3,(H,19,23). The van der Waals surface area contributed by atoms with Gasteiger partial charge in [0.2, 0.25) is 5.91 Å². The molecule has 1 atom stereocenters. The third-order valence-electron chi connectivity index (χ3n) is 4.99. The van der Waals surface area contributed by atoms with Gasteiger partial charge in [0.15, 0.2) is 5.82 Å². The molecule has 1 saturated carbocycles. The average Bonchev–Trinajstić information content (AvgIpc) is 2.96. The molecule has 0 saturated heterocycles. The van der Waals surface area contributed by atoms with Crippen molar-refractivity contribution in [3.05, 3.63) is 41.5 Å². The number of aliphatic hydroxyl groups excluding tert-OH is 1. The first-order chi connectivity index (χ1) is 11.9. The molecule has 2 aromatic rings. The fourth-order valence-electron chi connectivity index (χ4n) is 3.40. The number of hydrogen-bond acceptors (Lipinski definition) is 6. The monoisotopic (exact) mass is 345 g/mol. The molecule has 1 amide bonds. The second-order valence-electron chi connectivity index (χ2n) is 6.96. The summed E-state index contributed by atoms with van der Waals surface area (Å²) >= 11 is 0. The highest BCUT2D eigenvalue weighted by Gasteiger charge is 2.66. The largest absolute Gasteiger partial charge is 0.497 e. The summed E-state index contributed by atoms with van der Waals surface area (Å²) in [6, 6.07) is 7.68. The minimum atomic E-state index is -0.521. The van der Waals surface area contributed by atoms with Crippen molar-refractivity contribution in [2.45, 2.75) is 38.7 Å². The number of hydrogen-bond donors (Lipinski definition) is 2. The minimum absolute atomic E-state index is 0.00791. The molecule has 1 heterocycles. The van der Waals surface area contributed by atoms with Crippen LogP contribution in [-0.4, -0.2) is 34.8 Å². The van der Waals surface area contributed by atoms with Gasteiger partial charge in [0, 0.05) is 13.0 Å². The van der Waals surface area contributed by atoms with E-state index in [1.807, 2.05) is 24.3 Å². The summed E-state index contributed by atoms with van der Waals surface area (Å²) in [6.07, 6.45) is 1.25. The molecule has 25 heavy (non-hydrogen) atoms. The number of aliphatic hydroxyl groups is 1. The molecule has 0 radical (unpaired) electrons. The number of amides is 1. The molecular weight excluding hydrogens is 322 g/mol. The quantitative estimate of drug-likeness (QED) is 0.791. The van der Waals surface area contributed by atoms with Crippen LogP contribution in [0.4, 0.5) is 0 Å². The Morgan fingerprint density at radius 3 is 2.56 bits per heavy atom. The highest BCUT2D eigenvalue weighted by Crippen LogP contribution is 2.64. The predicted molar refractivity (Wildman–Crippen MR) is 90.0 cm³/mol. The van der Waals surface area contributed by atoms with Crippen LogP contribution in [0.25, 0.3) is 0 Å². The van der Waals surface area contributed by atoms with E-state index in [0.29, 0.717) is 18.8 Å². The molecule has 1 fully saturated rings. The Morgan fingerprint density at radius 1 is 1.36 bits per heavy atom. The van der Waals surface area contributed by atoms with Gasteiger partial charge in [0.05, 0.1) is 12.5 Å². The number of nitrogens with one attached hydrogen (secondary N) is 1. The average molecular weight is 345 g/mol. The molecule has 0 aliphatic heterocycles. The van der Waals surface area contributed by atoms with Gasteiger partial charge in [-0.3, -0.25) is 4.79 Å². The number of methoxy groups -OCH3 is 1. The smallest absolute Gasteiger partial charge is 0.252 e. The van der Waals surface area contributed by atoms with Crippen molar-refractivity contribution in [1.29, 1.82) is 0 Å². The Kier molecular flexibility index (Phi) is 4.51. The van der Waals surface area contributed by atoms with Gasteiger partial charge in [0.1, 0.15) is 12.4 Å². The first-order valence-electron chi connectivity index (χ1n) is 8.28. The molecular formula is C18H23N3O4. The lowest BCUT2D eigenvalue weighted by atomic mass is 9.87. The van der Waals surface area contributed by atoms with Gasteiger partial charge in [-0.25, -0.2) is 0 Å². The van der Waals surface area contributed by atoms with Crippen molar-refractivity contribution in [3.63, 3.8) is 0 Å². The SMILES string of the molecule is COc1ccc(C2(C(=O)NCCc3noc(CO)n3)CC2(C)C)cc1. The van der Waals surface area contributed by atoms with Crippen molar-refractivity contribution >= 4 is 5.91 Å². The van der Waals surface area contributed by atoms with Gasteiger partial charge in [0.25, 0.3) is 5.89 Å². The van der Waals surface area contributed by atoms with Crippen LogP contribution in [-0.2, 0) is 23.2 Å². The highest BCUT2D eigenvalue weighted by atomic mass is 16.5. The zero-order chi connectivity index (χ0) is 18.1. The predicted octanol–water partition coefficient (Wildman–Crippen LogP) is 1.60. The molecule has 1 aliphatic rings. The topological polar surface area (TPSA) is 97.5 Å². The fraction of sp³-hybridized carbons (Fsp3) is 0.500. The van der Waals surface area contributed by atoms with Gasteiger partial charge in [-0.2, -0.15) is 4.98 Å².